The Morgan fingerprint density at radius 3 is 2.83 bits per heavy atom. The molecule has 6 heteroatoms. The Morgan fingerprint density at radius 1 is 1.35 bits per heavy atom. The van der Waals surface area contributed by atoms with Crippen molar-refractivity contribution in [3.05, 3.63) is 61.2 Å². The molecule has 0 saturated heterocycles. The molecule has 2 aromatic rings. The summed E-state index contributed by atoms with van der Waals surface area (Å²) in [6.45, 7) is 6.21. The number of hydrogen-bond acceptors (Lipinski definition) is 3. The van der Waals surface area contributed by atoms with Crippen molar-refractivity contribution in [2.24, 2.45) is 0 Å². The molecule has 0 fully saturated rings. The minimum Gasteiger partial charge on any atom is -0.310 e. The van der Waals surface area contributed by atoms with Gasteiger partial charge in [0.2, 0.25) is 0 Å². The maximum atomic E-state index is 12.3. The van der Waals surface area contributed by atoms with Crippen LogP contribution in [0.15, 0.2) is 23.0 Å². The van der Waals surface area contributed by atoms with Crippen molar-refractivity contribution in [3.63, 3.8) is 0 Å². The molecule has 4 nitrogen and oxygen atoms in total. The average Bonchev–Trinajstić information content (AvgIpc) is 2.50. The van der Waals surface area contributed by atoms with E-state index >= 15 is 0 Å². The number of fused-ring (bicyclic) bond motifs is 1. The highest BCUT2D eigenvalue weighted by atomic mass is 35.5. The lowest BCUT2D eigenvalue weighted by Crippen LogP contribution is -2.36. The quantitative estimate of drug-likeness (QED) is 0.915. The van der Waals surface area contributed by atoms with Crippen molar-refractivity contribution < 1.29 is 0 Å². The highest BCUT2D eigenvalue weighted by molar-refractivity contribution is 6.35. The first-order valence-corrected chi connectivity index (χ1v) is 8.48. The van der Waals surface area contributed by atoms with Gasteiger partial charge in [0.15, 0.2) is 0 Å². The average molecular weight is 352 g/mol. The van der Waals surface area contributed by atoms with Crippen molar-refractivity contribution in [1.82, 2.24) is 14.9 Å². The molecule has 0 radical (unpaired) electrons. The van der Waals surface area contributed by atoms with Gasteiger partial charge < -0.3 is 4.98 Å². The van der Waals surface area contributed by atoms with Gasteiger partial charge in [-0.1, -0.05) is 43.1 Å². The molecule has 0 atom stereocenters. The third kappa shape index (κ3) is 3.60. The van der Waals surface area contributed by atoms with Gasteiger partial charge in [0.05, 0.1) is 11.3 Å². The molecule has 1 aliphatic rings. The zero-order chi connectivity index (χ0) is 16.6. The first kappa shape index (κ1) is 16.5. The van der Waals surface area contributed by atoms with E-state index in [1.165, 1.54) is 0 Å². The first-order chi connectivity index (χ1) is 10.9. The van der Waals surface area contributed by atoms with Gasteiger partial charge >= 0.3 is 0 Å². The van der Waals surface area contributed by atoms with E-state index < -0.39 is 0 Å². The molecule has 1 N–H and O–H groups in total. The van der Waals surface area contributed by atoms with Gasteiger partial charge in [-0.15, -0.1) is 0 Å². The van der Waals surface area contributed by atoms with Gasteiger partial charge in [-0.05, 0) is 17.7 Å². The Morgan fingerprint density at radius 2 is 2.13 bits per heavy atom. The molecular weight excluding hydrogens is 333 g/mol. The smallest absolute Gasteiger partial charge is 0.255 e. The van der Waals surface area contributed by atoms with E-state index in [1.54, 1.807) is 6.07 Å². The Kier molecular flexibility index (Phi) is 4.76. The minimum absolute atomic E-state index is 0.0226. The van der Waals surface area contributed by atoms with Gasteiger partial charge in [-0.3, -0.25) is 9.69 Å². The summed E-state index contributed by atoms with van der Waals surface area (Å²) in [5.41, 5.74) is 2.69. The molecule has 1 aromatic carbocycles. The maximum absolute atomic E-state index is 12.3. The van der Waals surface area contributed by atoms with E-state index in [4.69, 9.17) is 23.2 Å². The fraction of sp³-hybridized carbons (Fsp3) is 0.412. The molecule has 0 spiro atoms. The third-order valence-electron chi connectivity index (χ3n) is 4.12. The van der Waals surface area contributed by atoms with Gasteiger partial charge in [0, 0.05) is 42.0 Å². The Balaban J connectivity index is 1.82. The molecule has 0 amide bonds. The second-order valence-electron chi connectivity index (χ2n) is 6.23. The normalized spacial score (nSPS) is 15.0. The van der Waals surface area contributed by atoms with Crippen molar-refractivity contribution in [2.45, 2.75) is 39.3 Å². The molecule has 0 aliphatic carbocycles. The second kappa shape index (κ2) is 6.63. The Labute approximate surface area is 145 Å². The summed E-state index contributed by atoms with van der Waals surface area (Å²) in [6.07, 6.45) is 0.782. The van der Waals surface area contributed by atoms with Gasteiger partial charge in [-0.25, -0.2) is 4.98 Å². The fourth-order valence-corrected chi connectivity index (χ4v) is 3.27. The van der Waals surface area contributed by atoms with Crippen LogP contribution in [0, 0.1) is 0 Å². The van der Waals surface area contributed by atoms with E-state index in [0.717, 1.165) is 35.6 Å². The minimum atomic E-state index is -0.0226. The number of hydrogen-bond donors (Lipinski definition) is 1. The summed E-state index contributed by atoms with van der Waals surface area (Å²) in [7, 11) is 0. The number of halogens is 2. The number of nitrogens with zero attached hydrogens (tertiary/aromatic N) is 2. The van der Waals surface area contributed by atoms with Crippen molar-refractivity contribution >= 4 is 23.2 Å². The topological polar surface area (TPSA) is 49.0 Å². The second-order valence-corrected chi connectivity index (χ2v) is 7.07. The Bertz CT molecular complexity index is 786. The highest BCUT2D eigenvalue weighted by Crippen LogP contribution is 2.24. The summed E-state index contributed by atoms with van der Waals surface area (Å²) in [6, 6.07) is 5.52. The summed E-state index contributed by atoms with van der Waals surface area (Å²) in [5, 5.41) is 1.29. The summed E-state index contributed by atoms with van der Waals surface area (Å²) >= 11 is 12.2. The van der Waals surface area contributed by atoms with Crippen LogP contribution in [-0.4, -0.2) is 21.4 Å². The van der Waals surface area contributed by atoms with Crippen LogP contribution < -0.4 is 5.56 Å². The molecule has 3 rings (SSSR count). The van der Waals surface area contributed by atoms with Crippen LogP contribution in [0.4, 0.5) is 0 Å². The van der Waals surface area contributed by atoms with Crippen LogP contribution in [0.3, 0.4) is 0 Å². The zero-order valence-electron chi connectivity index (χ0n) is 13.2. The molecule has 2 heterocycles. The van der Waals surface area contributed by atoms with Crippen molar-refractivity contribution in [1.29, 1.82) is 0 Å². The van der Waals surface area contributed by atoms with Crippen LogP contribution in [0.5, 0.6) is 0 Å². The van der Waals surface area contributed by atoms with E-state index in [-0.39, 0.29) is 11.5 Å². The number of aromatic nitrogens is 2. The van der Waals surface area contributed by atoms with Gasteiger partial charge in [-0.2, -0.15) is 0 Å². The van der Waals surface area contributed by atoms with Crippen LogP contribution in [-0.2, 0) is 19.5 Å². The fourth-order valence-electron chi connectivity index (χ4n) is 2.80. The van der Waals surface area contributed by atoms with E-state index in [2.05, 4.69) is 14.9 Å². The standard InChI is InChI=1S/C17H19Cl2N3O/c1-10(2)16-20-15-5-6-22(9-13(15)17(23)21-16)8-11-3-4-12(18)7-14(11)19/h3-4,7,10H,5-6,8-9H2,1-2H3,(H,20,21,23). The predicted molar refractivity (Wildman–Crippen MR) is 93.2 cm³/mol. The van der Waals surface area contributed by atoms with Crippen molar-refractivity contribution in [3.8, 4) is 0 Å². The molecule has 0 bridgehead atoms. The Hall–Kier alpha value is -1.36. The van der Waals surface area contributed by atoms with Crippen LogP contribution in [0.1, 0.15) is 42.4 Å². The summed E-state index contributed by atoms with van der Waals surface area (Å²) in [4.78, 5) is 22.1. The monoisotopic (exact) mass is 351 g/mol. The number of aromatic amines is 1. The van der Waals surface area contributed by atoms with Gasteiger partial charge in [0.25, 0.3) is 5.56 Å². The van der Waals surface area contributed by atoms with Gasteiger partial charge in [0.1, 0.15) is 5.82 Å². The first-order valence-electron chi connectivity index (χ1n) is 7.72. The number of nitrogens with one attached hydrogen (secondary N) is 1. The van der Waals surface area contributed by atoms with Crippen LogP contribution >= 0.6 is 23.2 Å². The molecule has 0 saturated carbocycles. The maximum Gasteiger partial charge on any atom is 0.255 e. The van der Waals surface area contributed by atoms with E-state index in [9.17, 15) is 4.79 Å². The largest absolute Gasteiger partial charge is 0.310 e. The van der Waals surface area contributed by atoms with Crippen LogP contribution in [0.25, 0.3) is 0 Å². The lowest BCUT2D eigenvalue weighted by molar-refractivity contribution is 0.241. The van der Waals surface area contributed by atoms with E-state index in [1.807, 2.05) is 26.0 Å². The summed E-state index contributed by atoms with van der Waals surface area (Å²) < 4.78 is 0. The predicted octanol–water partition coefficient (Wildman–Crippen LogP) is 3.76. The molecule has 1 aliphatic heterocycles. The number of H-pyrrole nitrogens is 1. The molecule has 23 heavy (non-hydrogen) atoms. The molecule has 1 aromatic heterocycles. The lowest BCUT2D eigenvalue weighted by Gasteiger charge is -2.28. The number of benzene rings is 1. The van der Waals surface area contributed by atoms with Crippen molar-refractivity contribution in [2.75, 3.05) is 6.54 Å². The summed E-state index contributed by atoms with van der Waals surface area (Å²) in [5.74, 6) is 0.988. The molecular formula is C17H19Cl2N3O. The highest BCUT2D eigenvalue weighted by Gasteiger charge is 2.22. The zero-order valence-corrected chi connectivity index (χ0v) is 14.7. The molecule has 0 unspecified atom stereocenters. The van der Waals surface area contributed by atoms with Crippen LogP contribution in [0.2, 0.25) is 10.0 Å². The lowest BCUT2D eigenvalue weighted by atomic mass is 10.0. The number of rotatable bonds is 3. The SMILES string of the molecule is CC(C)c1nc2c(c(=O)[nH]1)CN(Cc1ccc(Cl)cc1Cl)CC2. The van der Waals surface area contributed by atoms with E-state index in [0.29, 0.717) is 23.1 Å². The molecule has 122 valence electrons. The third-order valence-corrected chi connectivity index (χ3v) is 4.71.